The molecular weight excluding hydrogens is 380 g/mol. The number of ether oxygens (including phenoxy) is 3. The molecule has 0 aliphatic carbocycles. The van der Waals surface area contributed by atoms with E-state index in [1.807, 2.05) is 0 Å². The monoisotopic (exact) mass is 400 g/mol. The van der Waals surface area contributed by atoms with E-state index in [4.69, 9.17) is 18.6 Å². The van der Waals surface area contributed by atoms with Crippen molar-refractivity contribution >= 4 is 28.7 Å². The van der Waals surface area contributed by atoms with Crippen molar-refractivity contribution in [3.8, 4) is 11.5 Å². The van der Waals surface area contributed by atoms with Gasteiger partial charge < -0.3 is 23.9 Å². The van der Waals surface area contributed by atoms with Crippen molar-refractivity contribution in [3.63, 3.8) is 0 Å². The number of carbonyl (C=O) groups is 2. The first-order valence-corrected chi connectivity index (χ1v) is 8.73. The quantitative estimate of drug-likeness (QED) is 0.606. The second-order valence-corrected chi connectivity index (χ2v) is 6.11. The highest BCUT2D eigenvalue weighted by molar-refractivity contribution is 5.95. The topological polar surface area (TPSA) is 109 Å². The molecule has 0 saturated heterocycles. The number of anilines is 1. The molecular formula is C20H20N2O7. The number of nitrogens with zero attached hydrogens (tertiary/aromatic N) is 1. The van der Waals surface area contributed by atoms with Gasteiger partial charge in [0.2, 0.25) is 0 Å². The first-order valence-electron chi connectivity index (χ1n) is 8.73. The molecule has 1 atom stereocenters. The summed E-state index contributed by atoms with van der Waals surface area (Å²) < 4.78 is 21.7. The zero-order chi connectivity index (χ0) is 21.0. The summed E-state index contributed by atoms with van der Waals surface area (Å²) in [6.45, 7) is 1.06. The lowest BCUT2D eigenvalue weighted by Gasteiger charge is -2.15. The molecule has 0 spiro atoms. The number of para-hydroxylation sites is 2. The van der Waals surface area contributed by atoms with E-state index in [1.54, 1.807) is 42.5 Å². The highest BCUT2D eigenvalue weighted by atomic mass is 16.5. The molecule has 1 amide bonds. The van der Waals surface area contributed by atoms with Crippen molar-refractivity contribution in [2.45, 2.75) is 19.6 Å². The van der Waals surface area contributed by atoms with Crippen LogP contribution in [0.25, 0.3) is 11.1 Å². The van der Waals surface area contributed by atoms with Gasteiger partial charge in [-0.3, -0.25) is 14.2 Å². The van der Waals surface area contributed by atoms with Crippen LogP contribution in [-0.2, 0) is 20.9 Å². The zero-order valence-electron chi connectivity index (χ0n) is 16.1. The number of fused-ring (bicyclic) bond motifs is 1. The zero-order valence-corrected chi connectivity index (χ0v) is 16.1. The molecule has 29 heavy (non-hydrogen) atoms. The number of hydrogen-bond acceptors (Lipinski definition) is 7. The Hall–Kier alpha value is -3.75. The van der Waals surface area contributed by atoms with Gasteiger partial charge in [-0.1, -0.05) is 12.1 Å². The lowest BCUT2D eigenvalue weighted by Crippen LogP contribution is -2.32. The van der Waals surface area contributed by atoms with Gasteiger partial charge in [-0.05, 0) is 31.2 Å². The van der Waals surface area contributed by atoms with Gasteiger partial charge >= 0.3 is 11.7 Å². The molecule has 2 aromatic carbocycles. The molecule has 0 fully saturated rings. The summed E-state index contributed by atoms with van der Waals surface area (Å²) in [4.78, 5) is 36.5. The lowest BCUT2D eigenvalue weighted by atomic mass is 10.2. The molecule has 1 aromatic heterocycles. The summed E-state index contributed by atoms with van der Waals surface area (Å²) in [6, 6.07) is 11.6. The first-order chi connectivity index (χ1) is 13.9. The molecule has 1 unspecified atom stereocenters. The van der Waals surface area contributed by atoms with Gasteiger partial charge in [0.1, 0.15) is 6.54 Å². The van der Waals surface area contributed by atoms with Crippen LogP contribution in [0.2, 0.25) is 0 Å². The third-order valence-corrected chi connectivity index (χ3v) is 4.19. The number of hydrogen-bond donors (Lipinski definition) is 1. The fourth-order valence-corrected chi connectivity index (χ4v) is 2.74. The van der Waals surface area contributed by atoms with Crippen LogP contribution < -0.4 is 20.5 Å². The molecule has 152 valence electrons. The lowest BCUT2D eigenvalue weighted by molar-refractivity contribution is -0.153. The SMILES string of the molecule is COc1ccc(NC(=O)C(C)OC(=O)Cn2c(=O)oc3ccccc32)cc1OC. The molecule has 9 heteroatoms. The third-order valence-electron chi connectivity index (χ3n) is 4.19. The summed E-state index contributed by atoms with van der Waals surface area (Å²) in [5.41, 5.74) is 1.29. The van der Waals surface area contributed by atoms with Crippen LogP contribution in [-0.4, -0.2) is 36.8 Å². The first kappa shape index (κ1) is 20.0. The predicted molar refractivity (Wildman–Crippen MR) is 104 cm³/mol. The number of rotatable bonds is 7. The van der Waals surface area contributed by atoms with Crippen LogP contribution in [0.4, 0.5) is 5.69 Å². The molecule has 0 radical (unpaired) electrons. The number of methoxy groups -OCH3 is 2. The number of nitrogens with one attached hydrogen (secondary N) is 1. The second kappa shape index (κ2) is 8.51. The standard InChI is InChI=1S/C20H20N2O7/c1-12(19(24)21-13-8-9-16(26-2)17(10-13)27-3)28-18(23)11-22-14-6-4-5-7-15(14)29-20(22)25/h4-10,12H,11H2,1-3H3,(H,21,24). The third kappa shape index (κ3) is 4.40. The summed E-state index contributed by atoms with van der Waals surface area (Å²) >= 11 is 0. The Morgan fingerprint density at radius 2 is 1.83 bits per heavy atom. The predicted octanol–water partition coefficient (Wildman–Crippen LogP) is 2.18. The molecule has 0 aliphatic heterocycles. The maximum Gasteiger partial charge on any atom is 0.420 e. The van der Waals surface area contributed by atoms with Crippen molar-refractivity contribution in [3.05, 3.63) is 53.0 Å². The highest BCUT2D eigenvalue weighted by Crippen LogP contribution is 2.29. The van der Waals surface area contributed by atoms with Crippen molar-refractivity contribution in [2.24, 2.45) is 0 Å². The molecule has 1 heterocycles. The number of benzene rings is 2. The Morgan fingerprint density at radius 3 is 2.55 bits per heavy atom. The van der Waals surface area contributed by atoms with E-state index in [0.29, 0.717) is 28.3 Å². The summed E-state index contributed by atoms with van der Waals surface area (Å²) in [6.07, 6.45) is -1.08. The van der Waals surface area contributed by atoms with E-state index < -0.39 is 23.7 Å². The Balaban J connectivity index is 1.64. The van der Waals surface area contributed by atoms with E-state index in [1.165, 1.54) is 21.1 Å². The second-order valence-electron chi connectivity index (χ2n) is 6.11. The Bertz CT molecular complexity index is 1100. The van der Waals surface area contributed by atoms with Gasteiger partial charge in [-0.15, -0.1) is 0 Å². The molecule has 9 nitrogen and oxygen atoms in total. The van der Waals surface area contributed by atoms with E-state index in [-0.39, 0.29) is 6.54 Å². The Morgan fingerprint density at radius 1 is 1.10 bits per heavy atom. The van der Waals surface area contributed by atoms with Gasteiger partial charge in [0, 0.05) is 11.8 Å². The molecule has 0 bridgehead atoms. The van der Waals surface area contributed by atoms with E-state index >= 15 is 0 Å². The fraction of sp³-hybridized carbons (Fsp3) is 0.250. The maximum atomic E-state index is 12.3. The number of carbonyl (C=O) groups excluding carboxylic acids is 2. The summed E-state index contributed by atoms with van der Waals surface area (Å²) in [5, 5.41) is 2.63. The van der Waals surface area contributed by atoms with Gasteiger partial charge in [0.15, 0.2) is 23.2 Å². The van der Waals surface area contributed by atoms with Crippen molar-refractivity contribution < 1.29 is 28.2 Å². The number of amides is 1. The average Bonchev–Trinajstić information content (AvgIpc) is 3.02. The number of oxazole rings is 1. The van der Waals surface area contributed by atoms with Crippen LogP contribution in [0, 0.1) is 0 Å². The van der Waals surface area contributed by atoms with Crippen LogP contribution in [0.5, 0.6) is 11.5 Å². The van der Waals surface area contributed by atoms with Crippen molar-refractivity contribution in [1.29, 1.82) is 0 Å². The van der Waals surface area contributed by atoms with Crippen LogP contribution in [0.3, 0.4) is 0 Å². The van der Waals surface area contributed by atoms with Crippen LogP contribution >= 0.6 is 0 Å². The fourth-order valence-electron chi connectivity index (χ4n) is 2.74. The van der Waals surface area contributed by atoms with E-state index in [2.05, 4.69) is 5.32 Å². The normalized spacial score (nSPS) is 11.7. The van der Waals surface area contributed by atoms with Gasteiger partial charge in [0.05, 0.1) is 19.7 Å². The smallest absolute Gasteiger partial charge is 0.420 e. The van der Waals surface area contributed by atoms with Crippen LogP contribution in [0.1, 0.15) is 6.92 Å². The minimum atomic E-state index is -1.08. The van der Waals surface area contributed by atoms with Crippen molar-refractivity contribution in [2.75, 3.05) is 19.5 Å². The Kier molecular flexibility index (Phi) is 5.87. The molecule has 3 aromatic rings. The Labute approximate surface area is 165 Å². The van der Waals surface area contributed by atoms with Gasteiger partial charge in [-0.25, -0.2) is 4.79 Å². The molecule has 3 rings (SSSR count). The molecule has 1 N–H and O–H groups in total. The van der Waals surface area contributed by atoms with E-state index in [0.717, 1.165) is 4.57 Å². The molecule has 0 saturated carbocycles. The van der Waals surface area contributed by atoms with Gasteiger partial charge in [-0.2, -0.15) is 0 Å². The summed E-state index contributed by atoms with van der Waals surface area (Å²) in [5.74, 6) is -0.988. The van der Waals surface area contributed by atoms with Crippen LogP contribution in [0.15, 0.2) is 51.7 Å². The summed E-state index contributed by atoms with van der Waals surface area (Å²) in [7, 11) is 2.99. The maximum absolute atomic E-state index is 12.3. The number of esters is 1. The molecule has 0 aliphatic rings. The van der Waals surface area contributed by atoms with E-state index in [9.17, 15) is 14.4 Å². The number of aromatic nitrogens is 1. The van der Waals surface area contributed by atoms with Crippen molar-refractivity contribution in [1.82, 2.24) is 4.57 Å². The highest BCUT2D eigenvalue weighted by Gasteiger charge is 2.20. The average molecular weight is 400 g/mol. The minimum Gasteiger partial charge on any atom is -0.493 e. The minimum absolute atomic E-state index is 0.365. The largest absolute Gasteiger partial charge is 0.493 e. The van der Waals surface area contributed by atoms with Gasteiger partial charge in [0.25, 0.3) is 5.91 Å².